The fraction of sp³-hybridized carbons (Fsp3) is 0.571. The summed E-state index contributed by atoms with van der Waals surface area (Å²) in [6.45, 7) is 5.72. The molecule has 0 heterocycles. The molecule has 0 aromatic heterocycles. The molecule has 18 heavy (non-hydrogen) atoms. The lowest BCUT2D eigenvalue weighted by Crippen LogP contribution is -2.33. The SMILES string of the molecule is CCCN(CCN(C)C)c1cccc(Cl)c1CN. The van der Waals surface area contributed by atoms with Gasteiger partial charge in [0.2, 0.25) is 0 Å². The van der Waals surface area contributed by atoms with E-state index in [1.807, 2.05) is 12.1 Å². The quantitative estimate of drug-likeness (QED) is 0.826. The Hall–Kier alpha value is -0.770. The van der Waals surface area contributed by atoms with Crippen LogP contribution in [-0.2, 0) is 6.54 Å². The van der Waals surface area contributed by atoms with Crippen molar-refractivity contribution in [2.75, 3.05) is 38.6 Å². The minimum atomic E-state index is 0.483. The van der Waals surface area contributed by atoms with E-state index in [1.165, 1.54) is 5.69 Å². The third-order valence-electron chi connectivity index (χ3n) is 2.95. The van der Waals surface area contributed by atoms with E-state index in [-0.39, 0.29) is 0 Å². The summed E-state index contributed by atoms with van der Waals surface area (Å²) in [5.74, 6) is 0. The second-order valence-corrected chi connectivity index (χ2v) is 5.14. The lowest BCUT2D eigenvalue weighted by molar-refractivity contribution is 0.413. The van der Waals surface area contributed by atoms with Crippen LogP contribution in [0.3, 0.4) is 0 Å². The Bertz CT molecular complexity index is 366. The van der Waals surface area contributed by atoms with Gasteiger partial charge in [-0.2, -0.15) is 0 Å². The summed E-state index contributed by atoms with van der Waals surface area (Å²) in [5, 5.41) is 0.765. The maximum absolute atomic E-state index is 6.22. The molecule has 1 aromatic rings. The van der Waals surface area contributed by atoms with E-state index in [2.05, 4.69) is 36.9 Å². The van der Waals surface area contributed by atoms with Crippen LogP contribution in [0.15, 0.2) is 18.2 Å². The van der Waals surface area contributed by atoms with Crippen molar-refractivity contribution >= 4 is 17.3 Å². The molecule has 0 bridgehead atoms. The van der Waals surface area contributed by atoms with Crippen LogP contribution in [0, 0.1) is 0 Å². The summed E-state index contributed by atoms with van der Waals surface area (Å²) >= 11 is 6.22. The van der Waals surface area contributed by atoms with Crippen molar-refractivity contribution in [3.63, 3.8) is 0 Å². The molecule has 0 fully saturated rings. The van der Waals surface area contributed by atoms with Gasteiger partial charge in [0.05, 0.1) is 0 Å². The van der Waals surface area contributed by atoms with E-state index in [0.29, 0.717) is 6.54 Å². The number of halogens is 1. The first-order chi connectivity index (χ1) is 8.60. The second kappa shape index (κ2) is 7.62. The van der Waals surface area contributed by atoms with Crippen LogP contribution in [-0.4, -0.2) is 38.6 Å². The largest absolute Gasteiger partial charge is 0.370 e. The minimum Gasteiger partial charge on any atom is -0.370 e. The van der Waals surface area contributed by atoms with Gasteiger partial charge in [0.15, 0.2) is 0 Å². The van der Waals surface area contributed by atoms with Crippen LogP contribution in [0.5, 0.6) is 0 Å². The van der Waals surface area contributed by atoms with Crippen molar-refractivity contribution in [3.8, 4) is 0 Å². The van der Waals surface area contributed by atoms with Gasteiger partial charge in [-0.3, -0.25) is 0 Å². The molecule has 0 unspecified atom stereocenters. The lowest BCUT2D eigenvalue weighted by atomic mass is 10.1. The van der Waals surface area contributed by atoms with Crippen LogP contribution in [0.4, 0.5) is 5.69 Å². The smallest absolute Gasteiger partial charge is 0.0471 e. The number of likely N-dealkylation sites (N-methyl/N-ethyl adjacent to an activating group) is 1. The van der Waals surface area contributed by atoms with Crippen molar-refractivity contribution in [3.05, 3.63) is 28.8 Å². The first-order valence-corrected chi connectivity index (χ1v) is 6.85. The predicted octanol–water partition coefficient (Wildman–Crippen LogP) is 2.58. The average Bonchev–Trinajstić information content (AvgIpc) is 2.34. The van der Waals surface area contributed by atoms with Gasteiger partial charge in [-0.25, -0.2) is 0 Å². The Morgan fingerprint density at radius 3 is 2.44 bits per heavy atom. The molecule has 0 atom stereocenters. The maximum atomic E-state index is 6.22. The topological polar surface area (TPSA) is 32.5 Å². The number of hydrogen-bond donors (Lipinski definition) is 1. The van der Waals surface area contributed by atoms with Crippen molar-refractivity contribution in [1.82, 2.24) is 4.90 Å². The zero-order chi connectivity index (χ0) is 13.5. The predicted molar refractivity (Wildman–Crippen MR) is 80.4 cm³/mol. The molecule has 0 aliphatic rings. The van der Waals surface area contributed by atoms with Crippen molar-refractivity contribution in [2.45, 2.75) is 19.9 Å². The zero-order valence-corrected chi connectivity index (χ0v) is 12.4. The van der Waals surface area contributed by atoms with Gasteiger partial charge < -0.3 is 15.5 Å². The van der Waals surface area contributed by atoms with E-state index in [0.717, 1.165) is 36.6 Å². The van der Waals surface area contributed by atoms with Gasteiger partial charge in [0.25, 0.3) is 0 Å². The number of hydrogen-bond acceptors (Lipinski definition) is 3. The van der Waals surface area contributed by atoms with E-state index in [1.54, 1.807) is 0 Å². The van der Waals surface area contributed by atoms with Gasteiger partial charge in [-0.15, -0.1) is 0 Å². The number of nitrogens with zero attached hydrogens (tertiary/aromatic N) is 2. The third kappa shape index (κ3) is 4.16. The van der Waals surface area contributed by atoms with Crippen molar-refractivity contribution in [1.29, 1.82) is 0 Å². The van der Waals surface area contributed by atoms with Gasteiger partial charge in [-0.05, 0) is 32.6 Å². The molecule has 1 aromatic carbocycles. The minimum absolute atomic E-state index is 0.483. The van der Waals surface area contributed by atoms with Gasteiger partial charge in [0, 0.05) is 42.5 Å². The molecule has 4 heteroatoms. The van der Waals surface area contributed by atoms with Crippen LogP contribution >= 0.6 is 11.6 Å². The number of nitrogens with two attached hydrogens (primary N) is 1. The Balaban J connectivity index is 2.93. The summed E-state index contributed by atoms with van der Waals surface area (Å²) in [6, 6.07) is 6.01. The van der Waals surface area contributed by atoms with Crippen molar-refractivity contribution < 1.29 is 0 Å². The Morgan fingerprint density at radius 1 is 1.17 bits per heavy atom. The maximum Gasteiger partial charge on any atom is 0.0471 e. The normalized spacial score (nSPS) is 11.0. The summed E-state index contributed by atoms with van der Waals surface area (Å²) in [6.07, 6.45) is 1.12. The lowest BCUT2D eigenvalue weighted by Gasteiger charge is -2.28. The highest BCUT2D eigenvalue weighted by molar-refractivity contribution is 6.31. The second-order valence-electron chi connectivity index (χ2n) is 4.73. The molecule has 0 aliphatic carbocycles. The molecule has 0 amide bonds. The summed E-state index contributed by atoms with van der Waals surface area (Å²) < 4.78 is 0. The monoisotopic (exact) mass is 269 g/mol. The zero-order valence-electron chi connectivity index (χ0n) is 11.6. The summed E-state index contributed by atoms with van der Waals surface area (Å²) in [4.78, 5) is 4.56. The average molecular weight is 270 g/mol. The van der Waals surface area contributed by atoms with E-state index in [4.69, 9.17) is 17.3 Å². The van der Waals surface area contributed by atoms with Crippen molar-refractivity contribution in [2.24, 2.45) is 5.73 Å². The van der Waals surface area contributed by atoms with Gasteiger partial charge in [-0.1, -0.05) is 24.6 Å². The first kappa shape index (κ1) is 15.3. The molecule has 0 saturated carbocycles. The third-order valence-corrected chi connectivity index (χ3v) is 3.30. The molecule has 0 aliphatic heterocycles. The highest BCUT2D eigenvalue weighted by Gasteiger charge is 2.12. The molecule has 1 rings (SSSR count). The first-order valence-electron chi connectivity index (χ1n) is 6.47. The Morgan fingerprint density at radius 2 is 1.89 bits per heavy atom. The van der Waals surface area contributed by atoms with Crippen LogP contribution in [0.25, 0.3) is 0 Å². The Kier molecular flexibility index (Phi) is 6.47. The van der Waals surface area contributed by atoms with Gasteiger partial charge in [0.1, 0.15) is 0 Å². The molecule has 3 nitrogen and oxygen atoms in total. The Labute approximate surface area is 116 Å². The molecular weight excluding hydrogens is 246 g/mol. The number of anilines is 1. The highest BCUT2D eigenvalue weighted by Crippen LogP contribution is 2.27. The van der Waals surface area contributed by atoms with E-state index >= 15 is 0 Å². The number of rotatable bonds is 7. The summed E-state index contributed by atoms with van der Waals surface area (Å²) in [7, 11) is 4.18. The molecular formula is C14H24ClN3. The van der Waals surface area contributed by atoms with E-state index in [9.17, 15) is 0 Å². The molecule has 2 N–H and O–H groups in total. The molecule has 102 valence electrons. The fourth-order valence-corrected chi connectivity index (χ4v) is 2.24. The molecule has 0 saturated heterocycles. The van der Waals surface area contributed by atoms with Gasteiger partial charge >= 0.3 is 0 Å². The van der Waals surface area contributed by atoms with Crippen LogP contribution in [0.2, 0.25) is 5.02 Å². The van der Waals surface area contributed by atoms with Crippen LogP contribution in [0.1, 0.15) is 18.9 Å². The highest BCUT2D eigenvalue weighted by atomic mass is 35.5. The molecule has 0 spiro atoms. The fourth-order valence-electron chi connectivity index (χ4n) is 1.99. The molecule has 0 radical (unpaired) electrons. The standard InChI is InChI=1S/C14H24ClN3/c1-4-8-18(10-9-17(2)3)14-7-5-6-13(15)12(14)11-16/h5-7H,4,8-11,16H2,1-3H3. The summed E-state index contributed by atoms with van der Waals surface area (Å²) in [5.41, 5.74) is 8.04. The number of benzene rings is 1. The van der Waals surface area contributed by atoms with Crippen LogP contribution < -0.4 is 10.6 Å². The van der Waals surface area contributed by atoms with E-state index < -0.39 is 0 Å².